The number of hydrogen-bond donors (Lipinski definition) is 1. The SMILES string of the molecule is Cc1ccc(C)c2[nH]c(=O)c([C@H](c3nnnn3C[C@@H]3CCCO3)N3CCc4ccccc43)cc12. The van der Waals surface area contributed by atoms with Crippen LogP contribution in [-0.2, 0) is 17.7 Å². The minimum absolute atomic E-state index is 0.0912. The van der Waals surface area contributed by atoms with E-state index in [2.05, 4.69) is 56.6 Å². The van der Waals surface area contributed by atoms with Crippen molar-refractivity contribution >= 4 is 16.6 Å². The first kappa shape index (κ1) is 21.0. The maximum Gasteiger partial charge on any atom is 0.254 e. The number of tetrazole rings is 1. The van der Waals surface area contributed by atoms with Gasteiger partial charge in [-0.1, -0.05) is 30.3 Å². The molecule has 0 spiro atoms. The molecule has 0 saturated carbocycles. The van der Waals surface area contributed by atoms with Gasteiger partial charge in [-0.3, -0.25) is 4.79 Å². The van der Waals surface area contributed by atoms with Gasteiger partial charge < -0.3 is 14.6 Å². The smallest absolute Gasteiger partial charge is 0.254 e. The lowest BCUT2D eigenvalue weighted by Gasteiger charge is -2.30. The van der Waals surface area contributed by atoms with E-state index in [1.165, 1.54) is 5.56 Å². The molecule has 2 aromatic carbocycles. The maximum absolute atomic E-state index is 13.6. The van der Waals surface area contributed by atoms with Crippen LogP contribution in [0.15, 0.2) is 47.3 Å². The largest absolute Gasteiger partial charge is 0.376 e. The number of aryl methyl sites for hydroxylation is 2. The molecular weight excluding hydrogens is 428 g/mol. The monoisotopic (exact) mass is 456 g/mol. The Balaban J connectivity index is 1.54. The highest BCUT2D eigenvalue weighted by atomic mass is 16.5. The quantitative estimate of drug-likeness (QED) is 0.495. The molecule has 6 rings (SSSR count). The average molecular weight is 457 g/mol. The second kappa shape index (κ2) is 8.36. The van der Waals surface area contributed by atoms with Gasteiger partial charge in [0.05, 0.1) is 18.2 Å². The Morgan fingerprint density at radius 2 is 2.03 bits per heavy atom. The molecule has 1 fully saturated rings. The number of rotatable bonds is 5. The van der Waals surface area contributed by atoms with Crippen LogP contribution in [0.3, 0.4) is 0 Å². The second-order valence-electron chi connectivity index (χ2n) is 9.37. The minimum Gasteiger partial charge on any atom is -0.376 e. The van der Waals surface area contributed by atoms with Crippen LogP contribution < -0.4 is 10.5 Å². The zero-order valence-corrected chi connectivity index (χ0v) is 19.5. The molecule has 1 N–H and O–H groups in total. The summed E-state index contributed by atoms with van der Waals surface area (Å²) in [7, 11) is 0. The molecular formula is C26H28N6O2. The first-order valence-corrected chi connectivity index (χ1v) is 12.0. The molecule has 2 atom stereocenters. The lowest BCUT2D eigenvalue weighted by atomic mass is 9.99. The maximum atomic E-state index is 13.6. The highest BCUT2D eigenvalue weighted by molar-refractivity contribution is 5.85. The zero-order chi connectivity index (χ0) is 23.2. The third-order valence-electron chi connectivity index (χ3n) is 7.21. The first-order chi connectivity index (χ1) is 16.6. The van der Waals surface area contributed by atoms with Gasteiger partial charge in [0.2, 0.25) is 0 Å². The highest BCUT2D eigenvalue weighted by Gasteiger charge is 2.35. The van der Waals surface area contributed by atoms with Crippen LogP contribution in [0.1, 0.15) is 47.0 Å². The predicted molar refractivity (Wildman–Crippen MR) is 130 cm³/mol. The van der Waals surface area contributed by atoms with Crippen LogP contribution in [0, 0.1) is 13.8 Å². The lowest BCUT2D eigenvalue weighted by molar-refractivity contribution is 0.0924. The summed E-state index contributed by atoms with van der Waals surface area (Å²) >= 11 is 0. The first-order valence-electron chi connectivity index (χ1n) is 12.0. The molecule has 0 radical (unpaired) electrons. The number of ether oxygens (including phenoxy) is 1. The Morgan fingerprint density at radius 1 is 1.18 bits per heavy atom. The molecule has 2 aliphatic heterocycles. The summed E-state index contributed by atoms with van der Waals surface area (Å²) in [6.45, 7) is 6.24. The molecule has 174 valence electrons. The molecule has 8 heteroatoms. The summed E-state index contributed by atoms with van der Waals surface area (Å²) in [5, 5.41) is 13.9. The van der Waals surface area contributed by atoms with E-state index >= 15 is 0 Å². The van der Waals surface area contributed by atoms with E-state index < -0.39 is 6.04 Å². The molecule has 4 aromatic rings. The van der Waals surface area contributed by atoms with Crippen molar-refractivity contribution in [1.29, 1.82) is 0 Å². The normalized spacial score (nSPS) is 18.5. The molecule has 2 aliphatic rings. The van der Waals surface area contributed by atoms with E-state index in [9.17, 15) is 4.79 Å². The van der Waals surface area contributed by atoms with Crippen molar-refractivity contribution in [3.8, 4) is 0 Å². The Morgan fingerprint density at radius 3 is 2.88 bits per heavy atom. The van der Waals surface area contributed by atoms with Crippen molar-refractivity contribution in [3.05, 3.63) is 80.9 Å². The van der Waals surface area contributed by atoms with E-state index in [0.717, 1.165) is 60.1 Å². The van der Waals surface area contributed by atoms with Crippen LogP contribution in [0.5, 0.6) is 0 Å². The van der Waals surface area contributed by atoms with Crippen molar-refractivity contribution in [2.24, 2.45) is 0 Å². The van der Waals surface area contributed by atoms with Gasteiger partial charge in [0.25, 0.3) is 5.56 Å². The number of pyridine rings is 1. The molecule has 4 heterocycles. The summed E-state index contributed by atoms with van der Waals surface area (Å²) in [4.78, 5) is 19.0. The summed E-state index contributed by atoms with van der Waals surface area (Å²) in [6.07, 6.45) is 3.05. The third-order valence-corrected chi connectivity index (χ3v) is 7.21. The molecule has 0 aliphatic carbocycles. The fraction of sp³-hybridized carbons (Fsp3) is 0.385. The Labute approximate surface area is 197 Å². The predicted octanol–water partition coefficient (Wildman–Crippen LogP) is 3.46. The van der Waals surface area contributed by atoms with Crippen molar-refractivity contribution in [1.82, 2.24) is 25.2 Å². The summed E-state index contributed by atoms with van der Waals surface area (Å²) in [5.74, 6) is 0.669. The van der Waals surface area contributed by atoms with Crippen molar-refractivity contribution in [2.75, 3.05) is 18.1 Å². The standard InChI is InChI=1S/C26H28N6O2/c1-16-9-10-17(2)23-20(16)14-21(26(33)27-23)24(31-12-11-18-6-3-4-8-22(18)31)25-28-29-30-32(25)15-19-7-5-13-34-19/h3-4,6,8-10,14,19,24H,5,7,11-13,15H2,1-2H3,(H,27,33)/t19-,24+/m0/s1. The number of aromatic nitrogens is 5. The van der Waals surface area contributed by atoms with Crippen LogP contribution in [0.4, 0.5) is 5.69 Å². The van der Waals surface area contributed by atoms with Crippen LogP contribution in [-0.4, -0.2) is 44.4 Å². The van der Waals surface area contributed by atoms with Gasteiger partial charge in [0.1, 0.15) is 6.04 Å². The Kier molecular flexibility index (Phi) is 5.17. The number of nitrogens with one attached hydrogen (secondary N) is 1. The molecule has 1 saturated heterocycles. The number of benzene rings is 2. The fourth-order valence-electron chi connectivity index (χ4n) is 5.39. The minimum atomic E-state index is -0.409. The van der Waals surface area contributed by atoms with Gasteiger partial charge in [0, 0.05) is 29.8 Å². The van der Waals surface area contributed by atoms with Crippen molar-refractivity contribution < 1.29 is 4.74 Å². The van der Waals surface area contributed by atoms with Crippen LogP contribution >= 0.6 is 0 Å². The topological polar surface area (TPSA) is 88.9 Å². The summed E-state index contributed by atoms with van der Waals surface area (Å²) in [6, 6.07) is 14.1. The molecule has 0 bridgehead atoms. The fourth-order valence-corrected chi connectivity index (χ4v) is 5.39. The lowest BCUT2D eigenvalue weighted by Crippen LogP contribution is -2.35. The zero-order valence-electron chi connectivity index (χ0n) is 19.5. The summed E-state index contributed by atoms with van der Waals surface area (Å²) in [5.41, 5.74) is 6.00. The van der Waals surface area contributed by atoms with Gasteiger partial charge in [-0.05, 0) is 72.4 Å². The molecule has 34 heavy (non-hydrogen) atoms. The number of nitrogens with zero attached hydrogens (tertiary/aromatic N) is 5. The van der Waals surface area contributed by atoms with Gasteiger partial charge in [-0.2, -0.15) is 0 Å². The number of H-pyrrole nitrogens is 1. The second-order valence-corrected chi connectivity index (χ2v) is 9.37. The van der Waals surface area contributed by atoms with Gasteiger partial charge in [-0.25, -0.2) is 4.68 Å². The number of anilines is 1. The van der Waals surface area contributed by atoms with E-state index in [0.29, 0.717) is 17.9 Å². The number of para-hydroxylation sites is 1. The highest BCUT2D eigenvalue weighted by Crippen LogP contribution is 2.38. The van der Waals surface area contributed by atoms with Gasteiger partial charge in [0.15, 0.2) is 5.82 Å². The van der Waals surface area contributed by atoms with E-state index in [1.54, 1.807) is 0 Å². The molecule has 8 nitrogen and oxygen atoms in total. The van der Waals surface area contributed by atoms with Crippen LogP contribution in [0.25, 0.3) is 10.9 Å². The van der Waals surface area contributed by atoms with Crippen molar-refractivity contribution in [3.63, 3.8) is 0 Å². The Bertz CT molecular complexity index is 1420. The van der Waals surface area contributed by atoms with E-state index in [1.807, 2.05) is 29.8 Å². The van der Waals surface area contributed by atoms with Gasteiger partial charge >= 0.3 is 0 Å². The molecule has 0 unspecified atom stereocenters. The van der Waals surface area contributed by atoms with E-state index in [-0.39, 0.29) is 11.7 Å². The van der Waals surface area contributed by atoms with Gasteiger partial charge in [-0.15, -0.1) is 5.10 Å². The number of aromatic amines is 1. The third kappa shape index (κ3) is 3.49. The molecule has 2 aromatic heterocycles. The van der Waals surface area contributed by atoms with Crippen molar-refractivity contribution in [2.45, 2.75) is 51.8 Å². The Hall–Kier alpha value is -3.52. The average Bonchev–Trinajstić information content (AvgIpc) is 3.60. The van der Waals surface area contributed by atoms with Crippen LogP contribution in [0.2, 0.25) is 0 Å². The van der Waals surface area contributed by atoms with E-state index in [4.69, 9.17) is 4.74 Å². The summed E-state index contributed by atoms with van der Waals surface area (Å²) < 4.78 is 7.69. The molecule has 0 amide bonds. The number of fused-ring (bicyclic) bond motifs is 2. The number of hydrogen-bond acceptors (Lipinski definition) is 6.